The van der Waals surface area contributed by atoms with Crippen molar-refractivity contribution in [1.29, 1.82) is 0 Å². The van der Waals surface area contributed by atoms with Gasteiger partial charge in [0.25, 0.3) is 0 Å². The Morgan fingerprint density at radius 3 is 2.96 bits per heavy atom. The lowest BCUT2D eigenvalue weighted by molar-refractivity contribution is -0.134. The SMILES string of the molecule is COCC(=O)N1CCC(c2cc(-c3ccnn3C)nc(C)n2)C1. The quantitative estimate of drug-likeness (QED) is 0.846. The first-order valence-electron chi connectivity index (χ1n) is 7.69. The molecule has 122 valence electrons. The molecular weight excluding hydrogens is 294 g/mol. The van der Waals surface area contributed by atoms with Crippen LogP contribution in [0.1, 0.15) is 23.9 Å². The van der Waals surface area contributed by atoms with E-state index in [4.69, 9.17) is 4.74 Å². The van der Waals surface area contributed by atoms with E-state index in [1.807, 2.05) is 31.0 Å². The Bertz CT molecular complexity index is 712. The summed E-state index contributed by atoms with van der Waals surface area (Å²) in [7, 11) is 3.44. The molecule has 1 aliphatic rings. The number of carbonyl (C=O) groups is 1. The molecule has 1 aliphatic heterocycles. The summed E-state index contributed by atoms with van der Waals surface area (Å²) in [6.45, 7) is 3.46. The number of rotatable bonds is 4. The predicted octanol–water partition coefficient (Wildman–Crippen LogP) is 1.15. The average Bonchev–Trinajstić information content (AvgIpc) is 3.15. The summed E-state index contributed by atoms with van der Waals surface area (Å²) in [4.78, 5) is 22.9. The summed E-state index contributed by atoms with van der Waals surface area (Å²) >= 11 is 0. The first-order chi connectivity index (χ1) is 11.1. The molecule has 1 amide bonds. The van der Waals surface area contributed by atoms with Crippen LogP contribution in [0.15, 0.2) is 18.3 Å². The number of hydrogen-bond acceptors (Lipinski definition) is 5. The van der Waals surface area contributed by atoms with E-state index in [0.29, 0.717) is 6.54 Å². The average molecular weight is 315 g/mol. The van der Waals surface area contributed by atoms with Gasteiger partial charge in [-0.3, -0.25) is 9.48 Å². The van der Waals surface area contributed by atoms with E-state index >= 15 is 0 Å². The monoisotopic (exact) mass is 315 g/mol. The van der Waals surface area contributed by atoms with E-state index in [-0.39, 0.29) is 18.4 Å². The molecule has 23 heavy (non-hydrogen) atoms. The highest BCUT2D eigenvalue weighted by Crippen LogP contribution is 2.28. The molecule has 3 heterocycles. The summed E-state index contributed by atoms with van der Waals surface area (Å²) in [6.07, 6.45) is 2.67. The van der Waals surface area contributed by atoms with Crippen LogP contribution in [0.25, 0.3) is 11.4 Å². The number of carbonyl (C=O) groups excluding carboxylic acids is 1. The van der Waals surface area contributed by atoms with Gasteiger partial charge in [-0.15, -0.1) is 0 Å². The molecule has 7 heteroatoms. The largest absolute Gasteiger partial charge is 0.375 e. The van der Waals surface area contributed by atoms with Gasteiger partial charge in [-0.1, -0.05) is 0 Å². The van der Waals surface area contributed by atoms with Gasteiger partial charge in [0.1, 0.15) is 12.4 Å². The molecule has 2 aromatic rings. The second-order valence-electron chi connectivity index (χ2n) is 5.82. The maximum Gasteiger partial charge on any atom is 0.248 e. The minimum absolute atomic E-state index is 0.0348. The molecule has 1 unspecified atom stereocenters. The zero-order chi connectivity index (χ0) is 16.4. The fourth-order valence-electron chi connectivity index (χ4n) is 3.00. The highest BCUT2D eigenvalue weighted by molar-refractivity contribution is 5.77. The molecule has 1 atom stereocenters. The molecule has 1 fully saturated rings. The Morgan fingerprint density at radius 1 is 1.43 bits per heavy atom. The van der Waals surface area contributed by atoms with Crippen molar-refractivity contribution in [3.8, 4) is 11.4 Å². The second-order valence-corrected chi connectivity index (χ2v) is 5.82. The lowest BCUT2D eigenvalue weighted by Crippen LogP contribution is -2.31. The van der Waals surface area contributed by atoms with Crippen molar-refractivity contribution < 1.29 is 9.53 Å². The van der Waals surface area contributed by atoms with Crippen LogP contribution in [0.3, 0.4) is 0 Å². The Balaban J connectivity index is 1.83. The van der Waals surface area contributed by atoms with Gasteiger partial charge >= 0.3 is 0 Å². The van der Waals surface area contributed by atoms with Crippen LogP contribution in [0.5, 0.6) is 0 Å². The molecule has 2 aromatic heterocycles. The maximum atomic E-state index is 11.9. The third-order valence-corrected chi connectivity index (χ3v) is 4.17. The van der Waals surface area contributed by atoms with Gasteiger partial charge in [0.05, 0.1) is 11.4 Å². The van der Waals surface area contributed by atoms with Gasteiger partial charge in [0.15, 0.2) is 0 Å². The molecule has 0 aliphatic carbocycles. The van der Waals surface area contributed by atoms with Gasteiger partial charge in [-0.05, 0) is 25.5 Å². The van der Waals surface area contributed by atoms with Crippen LogP contribution < -0.4 is 0 Å². The van der Waals surface area contributed by atoms with E-state index in [9.17, 15) is 4.79 Å². The molecule has 0 spiro atoms. The molecule has 0 bridgehead atoms. The highest BCUT2D eigenvalue weighted by Gasteiger charge is 2.28. The van der Waals surface area contributed by atoms with Gasteiger partial charge in [0, 0.05) is 45.1 Å². The van der Waals surface area contributed by atoms with E-state index in [2.05, 4.69) is 15.1 Å². The molecular formula is C16H21N5O2. The highest BCUT2D eigenvalue weighted by atomic mass is 16.5. The van der Waals surface area contributed by atoms with Gasteiger partial charge in [-0.2, -0.15) is 5.10 Å². The normalized spacial score (nSPS) is 17.7. The molecule has 0 aromatic carbocycles. The Labute approximate surface area is 135 Å². The third-order valence-electron chi connectivity index (χ3n) is 4.17. The van der Waals surface area contributed by atoms with Crippen molar-refractivity contribution in [1.82, 2.24) is 24.6 Å². The van der Waals surface area contributed by atoms with Crippen molar-refractivity contribution in [2.75, 3.05) is 26.8 Å². The summed E-state index contributed by atoms with van der Waals surface area (Å²) in [5.41, 5.74) is 2.82. The van der Waals surface area contributed by atoms with Crippen molar-refractivity contribution in [2.24, 2.45) is 7.05 Å². The molecule has 0 N–H and O–H groups in total. The molecule has 0 saturated carbocycles. The summed E-state index contributed by atoms with van der Waals surface area (Å²) < 4.78 is 6.73. The smallest absolute Gasteiger partial charge is 0.248 e. The molecule has 0 radical (unpaired) electrons. The van der Waals surface area contributed by atoms with E-state index in [0.717, 1.165) is 35.9 Å². The number of likely N-dealkylation sites (tertiary alicyclic amines) is 1. The maximum absolute atomic E-state index is 11.9. The van der Waals surface area contributed by atoms with Crippen LogP contribution in [0.4, 0.5) is 0 Å². The number of amides is 1. The van der Waals surface area contributed by atoms with E-state index in [1.54, 1.807) is 18.0 Å². The molecule has 7 nitrogen and oxygen atoms in total. The van der Waals surface area contributed by atoms with Crippen molar-refractivity contribution in [3.05, 3.63) is 29.8 Å². The van der Waals surface area contributed by atoms with Crippen LogP contribution in [0, 0.1) is 6.92 Å². The molecule has 1 saturated heterocycles. The third kappa shape index (κ3) is 3.24. The predicted molar refractivity (Wildman–Crippen MR) is 84.8 cm³/mol. The first-order valence-corrected chi connectivity index (χ1v) is 7.69. The van der Waals surface area contributed by atoms with Crippen molar-refractivity contribution >= 4 is 5.91 Å². The zero-order valence-electron chi connectivity index (χ0n) is 13.7. The standard InChI is InChI=1S/C16H21N5O2/c1-11-18-13(8-14(19-11)15-4-6-17-20(15)2)12-5-7-21(9-12)16(22)10-23-3/h4,6,8,12H,5,7,9-10H2,1-3H3. The van der Waals surface area contributed by atoms with Gasteiger partial charge < -0.3 is 9.64 Å². The minimum Gasteiger partial charge on any atom is -0.375 e. The van der Waals surface area contributed by atoms with Crippen LogP contribution in [0.2, 0.25) is 0 Å². The fourth-order valence-corrected chi connectivity index (χ4v) is 3.00. The Kier molecular flexibility index (Phi) is 4.38. The van der Waals surface area contributed by atoms with Crippen LogP contribution in [-0.2, 0) is 16.6 Å². The van der Waals surface area contributed by atoms with Crippen LogP contribution >= 0.6 is 0 Å². The van der Waals surface area contributed by atoms with Gasteiger partial charge in [-0.25, -0.2) is 9.97 Å². The lowest BCUT2D eigenvalue weighted by atomic mass is 10.0. The molecule has 3 rings (SSSR count). The topological polar surface area (TPSA) is 73.1 Å². The van der Waals surface area contributed by atoms with Crippen molar-refractivity contribution in [3.63, 3.8) is 0 Å². The minimum atomic E-state index is 0.0348. The number of aryl methyl sites for hydroxylation is 2. The Morgan fingerprint density at radius 2 is 2.26 bits per heavy atom. The van der Waals surface area contributed by atoms with E-state index in [1.165, 1.54) is 0 Å². The van der Waals surface area contributed by atoms with Gasteiger partial charge in [0.2, 0.25) is 5.91 Å². The zero-order valence-corrected chi connectivity index (χ0v) is 13.7. The van der Waals surface area contributed by atoms with Crippen LogP contribution in [-0.4, -0.2) is 57.4 Å². The number of ether oxygens (including phenoxy) is 1. The first kappa shape index (κ1) is 15.6. The number of nitrogens with zero attached hydrogens (tertiary/aromatic N) is 5. The second kappa shape index (κ2) is 6.45. The van der Waals surface area contributed by atoms with Crippen molar-refractivity contribution in [2.45, 2.75) is 19.3 Å². The summed E-state index contributed by atoms with van der Waals surface area (Å²) in [5.74, 6) is 1.01. The number of aromatic nitrogens is 4. The lowest BCUT2D eigenvalue weighted by Gasteiger charge is -2.16. The number of hydrogen-bond donors (Lipinski definition) is 0. The summed E-state index contributed by atoms with van der Waals surface area (Å²) in [6, 6.07) is 3.95. The van der Waals surface area contributed by atoms with E-state index < -0.39 is 0 Å². The summed E-state index contributed by atoms with van der Waals surface area (Å²) in [5, 5.41) is 4.20. The number of methoxy groups -OCH3 is 1. The fraction of sp³-hybridized carbons (Fsp3) is 0.500. The Hall–Kier alpha value is -2.28.